The van der Waals surface area contributed by atoms with Gasteiger partial charge in [0.2, 0.25) is 0 Å². The van der Waals surface area contributed by atoms with Gasteiger partial charge in [-0.25, -0.2) is 4.79 Å². The molecule has 0 bridgehead atoms. The number of nitriles is 1. The van der Waals surface area contributed by atoms with Crippen molar-refractivity contribution in [2.75, 3.05) is 5.32 Å². The van der Waals surface area contributed by atoms with E-state index < -0.39 is 16.8 Å². The molecule has 8 nitrogen and oxygen atoms in total. The molecule has 4 aromatic rings. The third kappa shape index (κ3) is 5.11. The highest BCUT2D eigenvalue weighted by Gasteiger charge is 2.19. The third-order valence-electron chi connectivity index (χ3n) is 5.39. The van der Waals surface area contributed by atoms with E-state index in [4.69, 9.17) is 4.74 Å². The number of carbonyl (C=O) groups excluding carboxylic acids is 2. The van der Waals surface area contributed by atoms with Gasteiger partial charge in [-0.15, -0.1) is 0 Å². The first kappa shape index (κ1) is 23.9. The molecule has 4 aromatic carbocycles. The second-order valence-electron chi connectivity index (χ2n) is 7.86. The molecule has 0 radical (unpaired) electrons. The molecule has 0 aliphatic carbocycles. The number of ether oxygens (including phenoxy) is 1. The van der Waals surface area contributed by atoms with Crippen molar-refractivity contribution >= 4 is 40.1 Å². The summed E-state index contributed by atoms with van der Waals surface area (Å²) in [5.74, 6) is -1.28. The number of para-hydroxylation sites is 1. The lowest BCUT2D eigenvalue weighted by Gasteiger charge is -2.10. The Balaban J connectivity index is 1.62. The lowest BCUT2D eigenvalue weighted by atomic mass is 10.0. The Morgan fingerprint density at radius 1 is 1.00 bits per heavy atom. The molecule has 176 valence electrons. The maximum Gasteiger partial charge on any atom is 0.344 e. The Labute approximate surface area is 206 Å². The van der Waals surface area contributed by atoms with Crippen molar-refractivity contribution in [1.82, 2.24) is 0 Å². The summed E-state index contributed by atoms with van der Waals surface area (Å²) in [7, 11) is 0. The fourth-order valence-electron chi connectivity index (χ4n) is 3.64. The smallest absolute Gasteiger partial charge is 0.344 e. The number of amides is 1. The van der Waals surface area contributed by atoms with E-state index >= 15 is 0 Å². The minimum atomic E-state index is -0.834. The normalized spacial score (nSPS) is 10.9. The molecule has 4 rings (SSSR count). The van der Waals surface area contributed by atoms with Gasteiger partial charge in [0.05, 0.1) is 10.5 Å². The average Bonchev–Trinajstić information content (AvgIpc) is 2.88. The van der Waals surface area contributed by atoms with Gasteiger partial charge in [-0.2, -0.15) is 5.26 Å². The molecule has 8 heteroatoms. The summed E-state index contributed by atoms with van der Waals surface area (Å²) < 4.78 is 5.63. The minimum Gasteiger partial charge on any atom is -0.422 e. The molecule has 0 aromatic heterocycles. The van der Waals surface area contributed by atoms with E-state index in [9.17, 15) is 25.0 Å². The second kappa shape index (κ2) is 10.3. The van der Waals surface area contributed by atoms with Gasteiger partial charge in [0.15, 0.2) is 0 Å². The lowest BCUT2D eigenvalue weighted by molar-refractivity contribution is -0.384. The van der Waals surface area contributed by atoms with Crippen molar-refractivity contribution < 1.29 is 19.2 Å². The molecule has 0 unspecified atom stereocenters. The first-order valence-corrected chi connectivity index (χ1v) is 10.8. The van der Waals surface area contributed by atoms with Gasteiger partial charge in [-0.05, 0) is 47.5 Å². The van der Waals surface area contributed by atoms with Gasteiger partial charge in [-0.1, -0.05) is 60.7 Å². The molecular formula is C28H19N3O5. The molecule has 0 saturated heterocycles. The highest BCUT2D eigenvalue weighted by molar-refractivity contribution is 6.11. The molecule has 1 N–H and O–H groups in total. The predicted molar refractivity (Wildman–Crippen MR) is 135 cm³/mol. The van der Waals surface area contributed by atoms with Crippen LogP contribution >= 0.6 is 0 Å². The number of esters is 1. The molecule has 0 atom stereocenters. The Kier molecular flexibility index (Phi) is 6.84. The fourth-order valence-corrected chi connectivity index (χ4v) is 3.64. The first-order chi connectivity index (χ1) is 17.4. The lowest BCUT2D eigenvalue weighted by Crippen LogP contribution is -2.15. The van der Waals surface area contributed by atoms with E-state index in [0.29, 0.717) is 16.7 Å². The zero-order chi connectivity index (χ0) is 25.7. The van der Waals surface area contributed by atoms with Crippen LogP contribution in [0.4, 0.5) is 11.4 Å². The van der Waals surface area contributed by atoms with E-state index in [1.54, 1.807) is 55.5 Å². The Morgan fingerprint density at radius 3 is 2.50 bits per heavy atom. The highest BCUT2D eigenvalue weighted by atomic mass is 16.6. The van der Waals surface area contributed by atoms with Crippen LogP contribution < -0.4 is 10.1 Å². The van der Waals surface area contributed by atoms with Crippen LogP contribution in [0.15, 0.2) is 90.5 Å². The maximum atomic E-state index is 13.0. The Morgan fingerprint density at radius 2 is 1.72 bits per heavy atom. The topological polar surface area (TPSA) is 122 Å². The van der Waals surface area contributed by atoms with E-state index in [1.807, 2.05) is 30.3 Å². The molecular weight excluding hydrogens is 458 g/mol. The van der Waals surface area contributed by atoms with Crippen LogP contribution in [0.1, 0.15) is 21.5 Å². The average molecular weight is 477 g/mol. The maximum absolute atomic E-state index is 13.0. The zero-order valence-corrected chi connectivity index (χ0v) is 19.1. The van der Waals surface area contributed by atoms with Crippen LogP contribution in [-0.2, 0) is 4.79 Å². The summed E-state index contributed by atoms with van der Waals surface area (Å²) in [4.78, 5) is 36.5. The van der Waals surface area contributed by atoms with Crippen molar-refractivity contribution in [2.45, 2.75) is 6.92 Å². The van der Waals surface area contributed by atoms with Crippen LogP contribution in [0.3, 0.4) is 0 Å². The highest BCUT2D eigenvalue weighted by Crippen LogP contribution is 2.27. The molecule has 0 aliphatic rings. The van der Waals surface area contributed by atoms with Gasteiger partial charge < -0.3 is 10.1 Å². The van der Waals surface area contributed by atoms with E-state index in [1.165, 1.54) is 18.2 Å². The number of nitro groups is 1. The van der Waals surface area contributed by atoms with Crippen molar-refractivity contribution in [2.24, 2.45) is 0 Å². The quantitative estimate of drug-likeness (QED) is 0.0932. The van der Waals surface area contributed by atoms with Crippen LogP contribution in [0.5, 0.6) is 5.75 Å². The SMILES string of the molecule is Cc1ccc(NC(=O)/C(C#N)=C/c2ccccc2OC(=O)c2cccc3ccccc23)c([N+](=O)[O-])c1. The van der Waals surface area contributed by atoms with E-state index in [-0.39, 0.29) is 22.7 Å². The standard InChI is InChI=1S/C28H19N3O5/c1-18-13-14-24(25(15-18)31(34)35)30-27(32)21(17-29)16-20-8-3-5-12-26(20)36-28(33)23-11-6-9-19-7-2-4-10-22(19)23/h2-16H,1H3,(H,30,32)/b21-16+. The number of fused-ring (bicyclic) bond motifs is 1. The number of hydrogen-bond donors (Lipinski definition) is 1. The van der Waals surface area contributed by atoms with Gasteiger partial charge in [0.1, 0.15) is 23.1 Å². The summed E-state index contributed by atoms with van der Waals surface area (Å²) in [6.45, 7) is 1.69. The first-order valence-electron chi connectivity index (χ1n) is 10.8. The predicted octanol–water partition coefficient (Wildman–Crippen LogP) is 5.82. The minimum absolute atomic E-state index is 0.0348. The second-order valence-corrected chi connectivity index (χ2v) is 7.86. The molecule has 1 amide bonds. The fraction of sp³-hybridized carbons (Fsp3) is 0.0357. The molecule has 0 saturated carbocycles. The number of benzene rings is 4. The summed E-state index contributed by atoms with van der Waals surface area (Å²) in [5, 5.41) is 25.0. The van der Waals surface area contributed by atoms with Gasteiger partial charge in [0.25, 0.3) is 11.6 Å². The van der Waals surface area contributed by atoms with Crippen LogP contribution in [0.2, 0.25) is 0 Å². The van der Waals surface area contributed by atoms with E-state index in [2.05, 4.69) is 5.32 Å². The molecule has 0 spiro atoms. The van der Waals surface area contributed by atoms with Crippen LogP contribution in [-0.4, -0.2) is 16.8 Å². The van der Waals surface area contributed by atoms with Crippen LogP contribution in [0.25, 0.3) is 16.8 Å². The van der Waals surface area contributed by atoms with Crippen molar-refractivity contribution in [3.63, 3.8) is 0 Å². The summed E-state index contributed by atoms with van der Waals surface area (Å²) in [5.41, 5.74) is 0.696. The third-order valence-corrected chi connectivity index (χ3v) is 5.39. The molecule has 0 aliphatic heterocycles. The van der Waals surface area contributed by atoms with Gasteiger partial charge in [-0.3, -0.25) is 14.9 Å². The van der Waals surface area contributed by atoms with Gasteiger partial charge in [0, 0.05) is 11.6 Å². The van der Waals surface area contributed by atoms with E-state index in [0.717, 1.165) is 10.8 Å². The van der Waals surface area contributed by atoms with Crippen LogP contribution in [0, 0.1) is 28.4 Å². The number of rotatable bonds is 6. The summed E-state index contributed by atoms with van der Waals surface area (Å²) in [6, 6.07) is 25.3. The Hall–Kier alpha value is -5.29. The number of carbonyl (C=O) groups is 2. The molecule has 0 heterocycles. The largest absolute Gasteiger partial charge is 0.422 e. The molecule has 36 heavy (non-hydrogen) atoms. The monoisotopic (exact) mass is 477 g/mol. The number of hydrogen-bond acceptors (Lipinski definition) is 6. The number of nitrogens with one attached hydrogen (secondary N) is 1. The molecule has 0 fully saturated rings. The number of aryl methyl sites for hydroxylation is 1. The van der Waals surface area contributed by atoms with Crippen molar-refractivity contribution in [1.29, 1.82) is 5.26 Å². The van der Waals surface area contributed by atoms with Gasteiger partial charge >= 0.3 is 5.97 Å². The number of nitro benzene ring substituents is 1. The number of anilines is 1. The summed E-state index contributed by atoms with van der Waals surface area (Å²) in [6.07, 6.45) is 1.26. The summed E-state index contributed by atoms with van der Waals surface area (Å²) >= 11 is 0. The number of nitrogens with zero attached hydrogens (tertiary/aromatic N) is 2. The van der Waals surface area contributed by atoms with Crippen molar-refractivity contribution in [3.05, 3.63) is 117 Å². The van der Waals surface area contributed by atoms with Crippen molar-refractivity contribution in [3.8, 4) is 11.8 Å². The zero-order valence-electron chi connectivity index (χ0n) is 19.1. The Bertz CT molecular complexity index is 1580.